The van der Waals surface area contributed by atoms with Crippen molar-refractivity contribution in [2.45, 2.75) is 32.7 Å². The molecule has 0 aliphatic carbocycles. The van der Waals surface area contributed by atoms with Crippen LogP contribution in [0.25, 0.3) is 32.1 Å². The zero-order valence-corrected chi connectivity index (χ0v) is 33.9. The number of aromatic nitrogens is 3. The molecule has 4 aromatic heterocycles. The average molecular weight is 852 g/mol. The zero-order chi connectivity index (χ0) is 41.7. The number of nitrogens with zero attached hydrogens (tertiary/aromatic N) is 3. The summed E-state index contributed by atoms with van der Waals surface area (Å²) >= 11 is 1.53. The molecule has 4 heterocycles. The average Bonchev–Trinajstić information content (AvgIpc) is 3.96. The molecule has 0 saturated carbocycles. The highest BCUT2D eigenvalue weighted by atomic mass is 32.2. The van der Waals surface area contributed by atoms with Crippen molar-refractivity contribution in [1.29, 1.82) is 0 Å². The number of benzene rings is 5. The van der Waals surface area contributed by atoms with E-state index in [2.05, 4.69) is 25.6 Å². The molecule has 60 heavy (non-hydrogen) atoms. The Labute approximate surface area is 348 Å². The van der Waals surface area contributed by atoms with E-state index >= 15 is 0 Å². The van der Waals surface area contributed by atoms with Gasteiger partial charge in [-0.05, 0) is 90.0 Å². The molecule has 5 aromatic carbocycles. The van der Waals surface area contributed by atoms with Gasteiger partial charge in [0.1, 0.15) is 0 Å². The van der Waals surface area contributed by atoms with Crippen molar-refractivity contribution >= 4 is 74.9 Å². The van der Waals surface area contributed by atoms with E-state index in [9.17, 15) is 26.4 Å². The summed E-state index contributed by atoms with van der Waals surface area (Å²) in [4.78, 5) is 38.0. The lowest BCUT2D eigenvalue weighted by Crippen LogP contribution is -2.22. The van der Waals surface area contributed by atoms with Crippen molar-refractivity contribution in [2.24, 2.45) is 0 Å². The van der Waals surface area contributed by atoms with Crippen LogP contribution in [-0.2, 0) is 32.8 Å². The fourth-order valence-electron chi connectivity index (χ4n) is 6.19. The predicted molar refractivity (Wildman–Crippen MR) is 228 cm³/mol. The Morgan fingerprint density at radius 3 is 1.90 bits per heavy atom. The number of hydrogen-bond acceptors (Lipinski definition) is 11. The summed E-state index contributed by atoms with van der Waals surface area (Å²) in [7, 11) is -7.25. The molecule has 0 saturated heterocycles. The molecule has 0 atom stereocenters. The number of hydrogen-bond donors (Lipinski definition) is 2. The van der Waals surface area contributed by atoms with Crippen molar-refractivity contribution in [3.8, 4) is 0 Å². The molecule has 2 amide bonds. The maximum Gasteiger partial charge on any atom is 0.287 e. The van der Waals surface area contributed by atoms with Crippen molar-refractivity contribution < 1.29 is 30.8 Å². The van der Waals surface area contributed by atoms with Gasteiger partial charge in [-0.25, -0.2) is 21.8 Å². The Bertz CT molecular complexity index is 3190. The minimum absolute atomic E-state index is 0.136. The molecule has 0 bridgehead atoms. The van der Waals surface area contributed by atoms with E-state index in [1.54, 1.807) is 115 Å². The minimum atomic E-state index is -3.71. The zero-order valence-electron chi connectivity index (χ0n) is 31.4. The van der Waals surface area contributed by atoms with Crippen molar-refractivity contribution in [3.63, 3.8) is 0 Å². The third-order valence-corrected chi connectivity index (χ3v) is 13.8. The second-order valence-corrected chi connectivity index (χ2v) is 18.2. The van der Waals surface area contributed by atoms with E-state index in [1.165, 1.54) is 29.7 Å². The number of furan rings is 1. The molecule has 9 aromatic rings. The highest BCUT2D eigenvalue weighted by Gasteiger charge is 2.20. The summed E-state index contributed by atoms with van der Waals surface area (Å²) in [6.07, 6.45) is 4.55. The number of pyridine rings is 2. The lowest BCUT2D eigenvalue weighted by atomic mass is 10.2. The maximum atomic E-state index is 13.0. The van der Waals surface area contributed by atoms with E-state index in [0.29, 0.717) is 17.7 Å². The molecule has 2 N–H and O–H groups in total. The standard InChI is InChI=1S/C24H17N3O4S.C21H16N2O3S2/c28-24(22-12-18-9-10-25-15-23(18)31-22)27-13-16-5-7-19(8-6-16)32(29,30)20-11-17-3-1-2-4-21(17)26-14-20;24-21(16-8-11-20-19(12-16)23-14-27-20)22-13-15-6-9-18(10-7-15)28(25,26)17-4-2-1-3-5-17/h1-12,14-15H,13H2,(H,27,28);1-12,14H,13H2,(H,22,24). The number of rotatable bonds is 10. The number of para-hydroxylation sites is 1. The number of nitrogens with one attached hydrogen (secondary N) is 2. The number of thiazole rings is 1. The minimum Gasteiger partial charge on any atom is -0.449 e. The number of amides is 2. The number of carbonyl (C=O) groups is 2. The molecule has 0 spiro atoms. The normalized spacial score (nSPS) is 11.5. The van der Waals surface area contributed by atoms with Gasteiger partial charge in [-0.1, -0.05) is 60.7 Å². The van der Waals surface area contributed by atoms with Gasteiger partial charge in [0.2, 0.25) is 19.7 Å². The van der Waals surface area contributed by atoms with E-state index in [1.807, 2.05) is 30.3 Å². The topological polar surface area (TPSA) is 178 Å². The third-order valence-electron chi connectivity index (χ3n) is 9.44. The van der Waals surface area contributed by atoms with Crippen molar-refractivity contribution in [3.05, 3.63) is 186 Å². The Kier molecular flexibility index (Phi) is 11.3. The van der Waals surface area contributed by atoms with Crippen LogP contribution < -0.4 is 10.6 Å². The van der Waals surface area contributed by atoms with Gasteiger partial charge in [0.15, 0.2) is 11.3 Å². The SMILES string of the molecule is O=C(NCc1ccc(S(=O)(=O)c2ccccc2)cc1)c1ccc2scnc2c1.O=C(NCc1ccc(S(=O)(=O)c2cnc3ccccc3c2)cc1)c1cc2ccncc2o1. The fraction of sp³-hybridized carbons (Fsp3) is 0.0444. The predicted octanol–water partition coefficient (Wildman–Crippen LogP) is 8.20. The Morgan fingerprint density at radius 1 is 0.567 bits per heavy atom. The summed E-state index contributed by atoms with van der Waals surface area (Å²) in [6, 6.07) is 39.0. The number of sulfone groups is 2. The summed E-state index contributed by atoms with van der Waals surface area (Å²) in [5, 5.41) is 7.18. The first kappa shape index (κ1) is 39.7. The molecule has 15 heteroatoms. The van der Waals surface area contributed by atoms with E-state index in [0.717, 1.165) is 37.6 Å². The number of carbonyl (C=O) groups excluding carboxylic acids is 2. The van der Waals surface area contributed by atoms with Gasteiger partial charge in [-0.3, -0.25) is 19.6 Å². The summed E-state index contributed by atoms with van der Waals surface area (Å²) in [5.74, 6) is -0.368. The summed E-state index contributed by atoms with van der Waals surface area (Å²) in [6.45, 7) is 0.533. The Balaban J connectivity index is 0.000000168. The Morgan fingerprint density at radius 2 is 1.20 bits per heavy atom. The molecule has 0 unspecified atom stereocenters. The van der Waals surface area contributed by atoms with Crippen LogP contribution in [0, 0.1) is 0 Å². The second kappa shape index (κ2) is 17.0. The van der Waals surface area contributed by atoms with Crippen LogP contribution in [0.5, 0.6) is 0 Å². The first-order valence-electron chi connectivity index (χ1n) is 18.4. The third kappa shape index (κ3) is 8.68. The summed E-state index contributed by atoms with van der Waals surface area (Å²) < 4.78 is 57.7. The van der Waals surface area contributed by atoms with E-state index in [4.69, 9.17) is 4.42 Å². The second-order valence-electron chi connectivity index (χ2n) is 13.4. The molecule has 0 aliphatic heterocycles. The molecule has 9 rings (SSSR count). The van der Waals surface area contributed by atoms with Crippen LogP contribution in [0.15, 0.2) is 188 Å². The van der Waals surface area contributed by atoms with Gasteiger partial charge in [0.25, 0.3) is 11.8 Å². The highest BCUT2D eigenvalue weighted by molar-refractivity contribution is 7.91. The highest BCUT2D eigenvalue weighted by Crippen LogP contribution is 2.25. The molecular weight excluding hydrogens is 819 g/mol. The van der Waals surface area contributed by atoms with Gasteiger partial charge < -0.3 is 15.1 Å². The molecule has 298 valence electrons. The van der Waals surface area contributed by atoms with Gasteiger partial charge in [0, 0.05) is 41.8 Å². The Hall–Kier alpha value is -7.07. The molecule has 12 nitrogen and oxygen atoms in total. The fourth-order valence-corrected chi connectivity index (χ4v) is 9.37. The quantitative estimate of drug-likeness (QED) is 0.136. The monoisotopic (exact) mass is 851 g/mol. The molecule has 0 fully saturated rings. The van der Waals surface area contributed by atoms with Gasteiger partial charge >= 0.3 is 0 Å². The van der Waals surface area contributed by atoms with E-state index in [-0.39, 0.29) is 43.7 Å². The molecule has 0 aliphatic rings. The van der Waals surface area contributed by atoms with Crippen molar-refractivity contribution in [2.75, 3.05) is 0 Å². The van der Waals surface area contributed by atoms with Crippen molar-refractivity contribution in [1.82, 2.24) is 25.6 Å². The van der Waals surface area contributed by atoms with Crippen LogP contribution >= 0.6 is 11.3 Å². The first-order valence-corrected chi connectivity index (χ1v) is 22.2. The first-order chi connectivity index (χ1) is 29.0. The lowest BCUT2D eigenvalue weighted by molar-refractivity contribution is 0.0923. The molecule has 0 radical (unpaired) electrons. The van der Waals surface area contributed by atoms with Gasteiger partial charge in [-0.15, -0.1) is 11.3 Å². The van der Waals surface area contributed by atoms with Crippen LogP contribution in [-0.4, -0.2) is 43.6 Å². The molecular formula is C45H33N5O7S3. The largest absolute Gasteiger partial charge is 0.449 e. The van der Waals surface area contributed by atoms with Crippen LogP contribution in [0.1, 0.15) is 32.0 Å². The summed E-state index contributed by atoms with van der Waals surface area (Å²) in [5.41, 5.74) is 5.93. The van der Waals surface area contributed by atoms with Gasteiger partial charge in [0.05, 0.1) is 47.0 Å². The van der Waals surface area contributed by atoms with E-state index < -0.39 is 19.7 Å². The lowest BCUT2D eigenvalue weighted by Gasteiger charge is -2.08. The number of fused-ring (bicyclic) bond motifs is 3. The maximum absolute atomic E-state index is 13.0. The van der Waals surface area contributed by atoms with Crippen LogP contribution in [0.3, 0.4) is 0 Å². The van der Waals surface area contributed by atoms with Crippen LogP contribution in [0.2, 0.25) is 0 Å². The van der Waals surface area contributed by atoms with Crippen LogP contribution in [0.4, 0.5) is 0 Å². The smallest absolute Gasteiger partial charge is 0.287 e. The van der Waals surface area contributed by atoms with Gasteiger partial charge in [-0.2, -0.15) is 0 Å².